The summed E-state index contributed by atoms with van der Waals surface area (Å²) in [5, 5.41) is 0.697. The van der Waals surface area contributed by atoms with Crippen molar-refractivity contribution in [2.75, 3.05) is 58.8 Å². The third-order valence-corrected chi connectivity index (χ3v) is 7.96. The molecule has 1 saturated carbocycles. The van der Waals surface area contributed by atoms with Crippen LogP contribution < -0.4 is 4.90 Å². The van der Waals surface area contributed by atoms with E-state index in [4.69, 9.17) is 11.6 Å². The molecule has 1 fully saturated rings. The van der Waals surface area contributed by atoms with Gasteiger partial charge in [-0.25, -0.2) is 0 Å². The van der Waals surface area contributed by atoms with Crippen LogP contribution in [0.25, 0.3) is 0 Å². The third kappa shape index (κ3) is 7.59. The molecule has 0 aromatic heterocycles. The molecule has 7 heteroatoms. The van der Waals surface area contributed by atoms with Crippen molar-refractivity contribution in [2.45, 2.75) is 25.7 Å². The molecule has 1 unspecified atom stereocenters. The first kappa shape index (κ1) is 29.1. The zero-order valence-corrected chi connectivity index (χ0v) is 24.3. The molecule has 6 nitrogen and oxygen atoms in total. The van der Waals surface area contributed by atoms with Gasteiger partial charge < -0.3 is 14.7 Å². The fourth-order valence-electron chi connectivity index (χ4n) is 5.13. The maximum absolute atomic E-state index is 13.9. The molecule has 2 amide bonds. The van der Waals surface area contributed by atoms with Crippen LogP contribution in [0, 0.1) is 11.8 Å². The molecule has 0 bridgehead atoms. The lowest BCUT2D eigenvalue weighted by atomic mass is 9.96. The van der Waals surface area contributed by atoms with Gasteiger partial charge in [-0.3, -0.25) is 14.5 Å². The summed E-state index contributed by atoms with van der Waals surface area (Å²) in [6.07, 6.45) is 7.43. The van der Waals surface area contributed by atoms with Crippen molar-refractivity contribution in [1.29, 1.82) is 0 Å². The Bertz CT molecular complexity index is 1180. The van der Waals surface area contributed by atoms with Crippen LogP contribution in [0.1, 0.15) is 31.2 Å². The van der Waals surface area contributed by atoms with E-state index >= 15 is 0 Å². The van der Waals surface area contributed by atoms with Gasteiger partial charge in [-0.15, -0.1) is 0 Å². The molecule has 2 aromatic carbocycles. The predicted molar refractivity (Wildman–Crippen MR) is 160 cm³/mol. The molecule has 0 radical (unpaired) electrons. The molecule has 0 aliphatic heterocycles. The van der Waals surface area contributed by atoms with Crippen LogP contribution in [-0.2, 0) is 9.59 Å². The highest BCUT2D eigenvalue weighted by atomic mass is 35.5. The Hall–Kier alpha value is -2.93. The molecule has 2 aliphatic rings. The minimum Gasteiger partial charge on any atom is -0.344 e. The number of rotatable bonds is 12. The molecule has 0 heterocycles. The first-order valence-corrected chi connectivity index (χ1v) is 14.3. The summed E-state index contributed by atoms with van der Waals surface area (Å²) < 4.78 is 0. The van der Waals surface area contributed by atoms with E-state index in [-0.39, 0.29) is 29.6 Å². The molecule has 2 aliphatic carbocycles. The van der Waals surface area contributed by atoms with Crippen LogP contribution in [0.15, 0.2) is 78.5 Å². The Morgan fingerprint density at radius 3 is 2.26 bits per heavy atom. The molecular weight excluding hydrogens is 508 g/mol. The number of halogens is 1. The van der Waals surface area contributed by atoms with Crippen LogP contribution in [0.3, 0.4) is 0 Å². The van der Waals surface area contributed by atoms with E-state index in [9.17, 15) is 9.59 Å². The molecule has 3 atom stereocenters. The number of likely N-dealkylation sites (N-methyl/N-ethyl adjacent to an activating group) is 3. The minimum absolute atomic E-state index is 0.0676. The summed E-state index contributed by atoms with van der Waals surface area (Å²) in [6, 6.07) is 17.5. The van der Waals surface area contributed by atoms with Gasteiger partial charge in [-0.1, -0.05) is 54.9 Å². The van der Waals surface area contributed by atoms with Gasteiger partial charge in [0, 0.05) is 55.6 Å². The molecule has 0 saturated heterocycles. The van der Waals surface area contributed by atoms with E-state index in [2.05, 4.69) is 30.8 Å². The smallest absolute Gasteiger partial charge is 0.235 e. The van der Waals surface area contributed by atoms with Crippen LogP contribution >= 0.6 is 11.6 Å². The van der Waals surface area contributed by atoms with Crippen LogP contribution in [0.5, 0.6) is 0 Å². The summed E-state index contributed by atoms with van der Waals surface area (Å²) in [5.74, 6) is -0.0464. The number of carbonyl (C=O) groups is 2. The van der Waals surface area contributed by atoms with Crippen LogP contribution in [0.4, 0.5) is 5.69 Å². The number of allylic oxidation sites excluding steroid dienone is 2. The standard InChI is InChI=1S/C32H41ClN4O2/c1-5-36(20-18-34(2)3)21-19-35(4)31(38)25-10-9-13-28(22-25)37(27-11-7-6-8-12-27)32(39)30-23-29(30)24-14-16-26(33)17-15-24/h6-9,11-17,22,25,29-30H,5,10,18-21,23H2,1-4H3/t25?,29-,30-/m1/s1. The number of hydrogen-bond acceptors (Lipinski definition) is 4. The van der Waals surface area contributed by atoms with Gasteiger partial charge in [-0.2, -0.15) is 0 Å². The fraction of sp³-hybridized carbons (Fsp3) is 0.438. The zero-order chi connectivity index (χ0) is 27.9. The highest BCUT2D eigenvalue weighted by molar-refractivity contribution is 6.30. The molecule has 0 spiro atoms. The predicted octanol–water partition coefficient (Wildman–Crippen LogP) is 5.28. The van der Waals surface area contributed by atoms with E-state index in [1.54, 1.807) is 4.90 Å². The van der Waals surface area contributed by atoms with Crippen LogP contribution in [-0.4, -0.2) is 80.4 Å². The largest absolute Gasteiger partial charge is 0.344 e. The summed E-state index contributed by atoms with van der Waals surface area (Å²) >= 11 is 6.07. The quantitative estimate of drug-likeness (QED) is 0.362. The maximum Gasteiger partial charge on any atom is 0.235 e. The molecule has 39 heavy (non-hydrogen) atoms. The number of benzene rings is 2. The topological polar surface area (TPSA) is 47.1 Å². The molecular formula is C32H41ClN4O2. The Morgan fingerprint density at radius 2 is 1.59 bits per heavy atom. The van der Waals surface area contributed by atoms with E-state index in [0.29, 0.717) is 18.0 Å². The van der Waals surface area contributed by atoms with Crippen molar-refractivity contribution in [2.24, 2.45) is 11.8 Å². The van der Waals surface area contributed by atoms with E-state index < -0.39 is 0 Å². The van der Waals surface area contributed by atoms with Gasteiger partial charge in [0.2, 0.25) is 11.8 Å². The van der Waals surface area contributed by atoms with Gasteiger partial charge in [0.05, 0.1) is 5.92 Å². The Labute approximate surface area is 238 Å². The van der Waals surface area contributed by atoms with Crippen molar-refractivity contribution in [1.82, 2.24) is 14.7 Å². The second kappa shape index (κ2) is 13.4. The molecule has 0 N–H and O–H groups in total. The van der Waals surface area contributed by atoms with Gasteiger partial charge >= 0.3 is 0 Å². The van der Waals surface area contributed by atoms with Gasteiger partial charge in [0.1, 0.15) is 0 Å². The first-order chi connectivity index (χ1) is 18.8. The zero-order valence-electron chi connectivity index (χ0n) is 23.6. The number of para-hydroxylation sites is 1. The summed E-state index contributed by atoms with van der Waals surface area (Å²) in [6.45, 7) is 6.61. The lowest BCUT2D eigenvalue weighted by Gasteiger charge is -2.30. The highest BCUT2D eigenvalue weighted by Crippen LogP contribution is 2.49. The van der Waals surface area contributed by atoms with Crippen molar-refractivity contribution in [3.05, 3.63) is 89.1 Å². The van der Waals surface area contributed by atoms with E-state index in [1.165, 1.54) is 0 Å². The van der Waals surface area contributed by atoms with Crippen LogP contribution in [0.2, 0.25) is 5.02 Å². The number of amides is 2. The fourth-order valence-corrected chi connectivity index (χ4v) is 5.26. The Kier molecular flexibility index (Phi) is 10.0. The second-order valence-corrected chi connectivity index (χ2v) is 11.3. The molecule has 4 rings (SSSR count). The lowest BCUT2D eigenvalue weighted by Crippen LogP contribution is -2.41. The Balaban J connectivity index is 1.47. The maximum atomic E-state index is 13.9. The number of anilines is 1. The SMILES string of the molecule is CCN(CCN(C)C)CCN(C)C(=O)C1C=C(N(C(=O)[C@@H]2C[C@@H]2c2ccc(Cl)cc2)c2ccccc2)C=CC1. The van der Waals surface area contributed by atoms with Gasteiger partial charge in [0.15, 0.2) is 0 Å². The monoisotopic (exact) mass is 548 g/mol. The third-order valence-electron chi connectivity index (χ3n) is 7.71. The molecule has 2 aromatic rings. The van der Waals surface area contributed by atoms with E-state index in [1.807, 2.05) is 84.8 Å². The first-order valence-electron chi connectivity index (χ1n) is 13.9. The normalized spacial score (nSPS) is 20.2. The summed E-state index contributed by atoms with van der Waals surface area (Å²) in [4.78, 5) is 35.5. The average Bonchev–Trinajstić information content (AvgIpc) is 3.75. The van der Waals surface area contributed by atoms with Gasteiger partial charge in [-0.05, 0) is 81.4 Å². The summed E-state index contributed by atoms with van der Waals surface area (Å²) in [7, 11) is 6.04. The number of hydrogen-bond donors (Lipinski definition) is 0. The molecule has 208 valence electrons. The van der Waals surface area contributed by atoms with E-state index in [0.717, 1.165) is 49.5 Å². The number of carbonyl (C=O) groups excluding carboxylic acids is 2. The Morgan fingerprint density at radius 1 is 0.897 bits per heavy atom. The van der Waals surface area contributed by atoms with Crippen molar-refractivity contribution >= 4 is 29.1 Å². The van der Waals surface area contributed by atoms with Crippen molar-refractivity contribution < 1.29 is 9.59 Å². The average molecular weight is 549 g/mol. The second-order valence-electron chi connectivity index (χ2n) is 10.8. The highest BCUT2D eigenvalue weighted by Gasteiger charge is 2.46. The lowest BCUT2D eigenvalue weighted by molar-refractivity contribution is -0.132. The van der Waals surface area contributed by atoms with Gasteiger partial charge in [0.25, 0.3) is 0 Å². The van der Waals surface area contributed by atoms with Crippen molar-refractivity contribution in [3.8, 4) is 0 Å². The minimum atomic E-state index is -0.294. The summed E-state index contributed by atoms with van der Waals surface area (Å²) in [5.41, 5.74) is 2.73. The number of nitrogens with zero attached hydrogens (tertiary/aromatic N) is 4. The van der Waals surface area contributed by atoms with Crippen molar-refractivity contribution in [3.63, 3.8) is 0 Å².